The first kappa shape index (κ1) is 17.1. The zero-order valence-electron chi connectivity index (χ0n) is 16.1. The molecule has 3 fully saturated rings. The standard InChI is InChI=1S/C21H32N2O2/c1-12-10-13-15-6-5-8-20(15,2)11-14(19(25)22-4)17(13)21(3)9-7-16(24)23-18(12)21/h13-15,17H,5-11H2,1-4H3,(H,22,25)(H,23,24)/t13-,14?,15-,17+,20-,21+/m0/s1. The quantitative estimate of drug-likeness (QED) is 0.766. The molecular weight excluding hydrogens is 312 g/mol. The Bertz CT molecular complexity index is 654. The van der Waals surface area contributed by atoms with Gasteiger partial charge in [-0.1, -0.05) is 25.8 Å². The molecule has 1 heterocycles. The van der Waals surface area contributed by atoms with Gasteiger partial charge >= 0.3 is 0 Å². The van der Waals surface area contributed by atoms with Crippen LogP contribution in [0, 0.1) is 34.5 Å². The van der Waals surface area contributed by atoms with Gasteiger partial charge in [-0.2, -0.15) is 0 Å². The van der Waals surface area contributed by atoms with E-state index in [-0.39, 0.29) is 23.1 Å². The molecule has 0 spiro atoms. The number of carbonyl (C=O) groups excluding carboxylic acids is 2. The highest BCUT2D eigenvalue weighted by Crippen LogP contribution is 2.66. The highest BCUT2D eigenvalue weighted by atomic mass is 16.2. The van der Waals surface area contributed by atoms with Crippen molar-refractivity contribution in [3.05, 3.63) is 11.3 Å². The van der Waals surface area contributed by atoms with Crippen LogP contribution in [0.15, 0.2) is 11.3 Å². The number of rotatable bonds is 1. The molecule has 1 unspecified atom stereocenters. The fourth-order valence-corrected chi connectivity index (χ4v) is 7.27. The van der Waals surface area contributed by atoms with Gasteiger partial charge in [0.05, 0.1) is 0 Å². The first-order valence-corrected chi connectivity index (χ1v) is 10.0. The Balaban J connectivity index is 1.83. The maximum absolute atomic E-state index is 12.9. The molecule has 6 atom stereocenters. The van der Waals surface area contributed by atoms with E-state index in [1.54, 1.807) is 7.05 Å². The molecule has 4 nitrogen and oxygen atoms in total. The normalized spacial score (nSPS) is 46.0. The lowest BCUT2D eigenvalue weighted by Gasteiger charge is -2.59. The minimum atomic E-state index is -0.0675. The Morgan fingerprint density at radius 1 is 1.28 bits per heavy atom. The minimum Gasteiger partial charge on any atom is -0.359 e. The fraction of sp³-hybridized carbons (Fsp3) is 0.810. The van der Waals surface area contributed by atoms with E-state index in [4.69, 9.17) is 0 Å². The Morgan fingerprint density at radius 2 is 2.04 bits per heavy atom. The second-order valence-electron chi connectivity index (χ2n) is 9.59. The van der Waals surface area contributed by atoms with Gasteiger partial charge in [-0.15, -0.1) is 0 Å². The van der Waals surface area contributed by atoms with E-state index in [2.05, 4.69) is 31.4 Å². The van der Waals surface area contributed by atoms with Crippen molar-refractivity contribution < 1.29 is 9.59 Å². The number of fused-ring (bicyclic) bond motifs is 5. The van der Waals surface area contributed by atoms with Gasteiger partial charge in [0.2, 0.25) is 11.8 Å². The summed E-state index contributed by atoms with van der Waals surface area (Å²) in [6.45, 7) is 6.94. The lowest BCUT2D eigenvalue weighted by molar-refractivity contribution is -0.142. The molecule has 2 amide bonds. The van der Waals surface area contributed by atoms with Crippen molar-refractivity contribution in [2.45, 2.75) is 65.7 Å². The topological polar surface area (TPSA) is 58.2 Å². The maximum atomic E-state index is 12.9. The van der Waals surface area contributed by atoms with Crippen LogP contribution in [0.2, 0.25) is 0 Å². The molecular formula is C21H32N2O2. The fourth-order valence-electron chi connectivity index (χ4n) is 7.27. The molecule has 1 aliphatic heterocycles. The average molecular weight is 344 g/mol. The summed E-state index contributed by atoms with van der Waals surface area (Å²) in [5.74, 6) is 2.07. The van der Waals surface area contributed by atoms with E-state index in [0.717, 1.165) is 30.9 Å². The second-order valence-corrected chi connectivity index (χ2v) is 9.59. The first-order valence-electron chi connectivity index (χ1n) is 10.0. The van der Waals surface area contributed by atoms with E-state index in [1.165, 1.54) is 24.8 Å². The summed E-state index contributed by atoms with van der Waals surface area (Å²) in [6.07, 6.45) is 7.38. The van der Waals surface area contributed by atoms with Gasteiger partial charge in [0, 0.05) is 30.5 Å². The van der Waals surface area contributed by atoms with Crippen LogP contribution in [0.1, 0.15) is 65.7 Å². The van der Waals surface area contributed by atoms with Gasteiger partial charge in [-0.05, 0) is 62.2 Å². The maximum Gasteiger partial charge on any atom is 0.224 e. The Hall–Kier alpha value is -1.32. The monoisotopic (exact) mass is 344 g/mol. The Labute approximate surface area is 151 Å². The average Bonchev–Trinajstić information content (AvgIpc) is 2.97. The lowest BCUT2D eigenvalue weighted by Crippen LogP contribution is -2.58. The van der Waals surface area contributed by atoms with Crippen LogP contribution in [0.4, 0.5) is 0 Å². The summed E-state index contributed by atoms with van der Waals surface area (Å²) in [5, 5.41) is 6.15. The van der Waals surface area contributed by atoms with E-state index < -0.39 is 0 Å². The minimum absolute atomic E-state index is 0.0671. The summed E-state index contributed by atoms with van der Waals surface area (Å²) < 4.78 is 0. The van der Waals surface area contributed by atoms with Crippen molar-refractivity contribution in [3.63, 3.8) is 0 Å². The van der Waals surface area contributed by atoms with Gasteiger partial charge in [-0.3, -0.25) is 9.59 Å². The van der Waals surface area contributed by atoms with Gasteiger partial charge in [0.15, 0.2) is 0 Å². The largest absolute Gasteiger partial charge is 0.359 e. The zero-order valence-corrected chi connectivity index (χ0v) is 16.1. The zero-order chi connectivity index (χ0) is 18.0. The van der Waals surface area contributed by atoms with Gasteiger partial charge in [-0.25, -0.2) is 0 Å². The van der Waals surface area contributed by atoms with Crippen LogP contribution >= 0.6 is 0 Å². The van der Waals surface area contributed by atoms with E-state index in [1.807, 2.05) is 0 Å². The van der Waals surface area contributed by atoms with Crippen LogP contribution in [0.5, 0.6) is 0 Å². The molecule has 2 N–H and O–H groups in total. The molecule has 0 aromatic rings. The summed E-state index contributed by atoms with van der Waals surface area (Å²) >= 11 is 0. The second kappa shape index (κ2) is 5.59. The third-order valence-electron chi connectivity index (χ3n) is 8.25. The molecule has 4 heteroatoms. The molecule has 0 aromatic carbocycles. The molecule has 0 radical (unpaired) electrons. The molecule has 1 saturated heterocycles. The SMILES string of the molecule is CNC(=O)C1C[C@]2(C)CCC[C@H]2[C@@H]2CC(C)=C3NC(=O)CC[C@]3(C)[C@@H]12. The van der Waals surface area contributed by atoms with Crippen LogP contribution in [0.3, 0.4) is 0 Å². The third kappa shape index (κ3) is 2.32. The molecule has 25 heavy (non-hydrogen) atoms. The number of nitrogens with one attached hydrogen (secondary N) is 2. The van der Waals surface area contributed by atoms with Gasteiger partial charge < -0.3 is 10.6 Å². The summed E-state index contributed by atoms with van der Waals surface area (Å²) in [5.41, 5.74) is 2.73. The van der Waals surface area contributed by atoms with Crippen molar-refractivity contribution in [2.75, 3.05) is 7.05 Å². The highest BCUT2D eigenvalue weighted by molar-refractivity contribution is 5.81. The predicted octanol–water partition coefficient (Wildman–Crippen LogP) is 3.39. The number of hydrogen-bond donors (Lipinski definition) is 2. The first-order chi connectivity index (χ1) is 11.8. The Kier molecular flexibility index (Phi) is 3.82. The van der Waals surface area contributed by atoms with Crippen molar-refractivity contribution >= 4 is 11.8 Å². The number of hydrogen-bond acceptors (Lipinski definition) is 2. The van der Waals surface area contributed by atoms with E-state index >= 15 is 0 Å². The number of carbonyl (C=O) groups is 2. The Morgan fingerprint density at radius 3 is 2.76 bits per heavy atom. The molecule has 0 aromatic heterocycles. The lowest BCUT2D eigenvalue weighted by atomic mass is 9.46. The smallest absolute Gasteiger partial charge is 0.224 e. The van der Waals surface area contributed by atoms with Crippen LogP contribution < -0.4 is 10.6 Å². The van der Waals surface area contributed by atoms with Gasteiger partial charge in [0.1, 0.15) is 0 Å². The van der Waals surface area contributed by atoms with Crippen LogP contribution in [-0.4, -0.2) is 18.9 Å². The van der Waals surface area contributed by atoms with E-state index in [0.29, 0.717) is 23.7 Å². The van der Waals surface area contributed by atoms with Crippen molar-refractivity contribution in [1.29, 1.82) is 0 Å². The summed E-state index contributed by atoms with van der Waals surface area (Å²) in [4.78, 5) is 24.9. The van der Waals surface area contributed by atoms with Crippen molar-refractivity contribution in [1.82, 2.24) is 10.6 Å². The number of amides is 2. The third-order valence-corrected chi connectivity index (χ3v) is 8.25. The number of piperidine rings is 1. The van der Waals surface area contributed by atoms with Crippen LogP contribution in [-0.2, 0) is 9.59 Å². The van der Waals surface area contributed by atoms with Crippen molar-refractivity contribution in [3.8, 4) is 0 Å². The molecule has 2 saturated carbocycles. The predicted molar refractivity (Wildman–Crippen MR) is 97.4 cm³/mol. The van der Waals surface area contributed by atoms with Crippen molar-refractivity contribution in [2.24, 2.45) is 34.5 Å². The summed E-state index contributed by atoms with van der Waals surface area (Å²) in [6, 6.07) is 0. The molecule has 0 bridgehead atoms. The molecule has 138 valence electrons. The van der Waals surface area contributed by atoms with Crippen LogP contribution in [0.25, 0.3) is 0 Å². The summed E-state index contributed by atoms with van der Waals surface area (Å²) in [7, 11) is 1.77. The van der Waals surface area contributed by atoms with Gasteiger partial charge in [0.25, 0.3) is 0 Å². The highest BCUT2D eigenvalue weighted by Gasteiger charge is 2.61. The van der Waals surface area contributed by atoms with E-state index in [9.17, 15) is 9.59 Å². The number of allylic oxidation sites excluding steroid dienone is 2. The molecule has 3 aliphatic carbocycles. The molecule has 4 aliphatic rings. The molecule has 4 rings (SSSR count).